The molecule has 0 aliphatic carbocycles. The van der Waals surface area contributed by atoms with E-state index in [1.807, 2.05) is 0 Å². The van der Waals surface area contributed by atoms with Gasteiger partial charge in [-0.2, -0.15) is 0 Å². The van der Waals surface area contributed by atoms with Gasteiger partial charge >= 0.3 is 0 Å². The summed E-state index contributed by atoms with van der Waals surface area (Å²) in [7, 11) is 0. The summed E-state index contributed by atoms with van der Waals surface area (Å²) in [5.41, 5.74) is 5.23. The summed E-state index contributed by atoms with van der Waals surface area (Å²) >= 11 is 1.71. The number of nitrogens with one attached hydrogen (secondary N) is 5. The highest BCUT2D eigenvalue weighted by Crippen LogP contribution is 2.29. The lowest BCUT2D eigenvalue weighted by atomic mass is 9.91. The molecule has 0 bridgehead atoms. The number of benzene rings is 1. The van der Waals surface area contributed by atoms with Gasteiger partial charge in [-0.05, 0) is 78.3 Å². The van der Waals surface area contributed by atoms with E-state index < -0.39 is 165 Å². The molecule has 25 nitrogen and oxygen atoms in total. The van der Waals surface area contributed by atoms with Crippen molar-refractivity contribution >= 4 is 69.8 Å². The van der Waals surface area contributed by atoms with Crippen LogP contribution in [0.5, 0.6) is 5.75 Å². The van der Waals surface area contributed by atoms with Crippen molar-refractivity contribution in [2.45, 2.75) is 203 Å². The molecule has 3 aliphatic heterocycles. The van der Waals surface area contributed by atoms with Crippen molar-refractivity contribution < 1.29 is 84.3 Å². The van der Waals surface area contributed by atoms with E-state index in [0.717, 1.165) is 56.4 Å². The largest absolute Gasteiger partial charge is 0.507 e. The third kappa shape index (κ3) is 17.9. The Morgan fingerprint density at radius 1 is 0.763 bits per heavy atom. The zero-order valence-corrected chi connectivity index (χ0v) is 45.6. The SMILES string of the molecule is CCC(C)CC(C)CCCCCCCCC(=O)NC1C[C@@H](O)[C@@H](O)NC(=O)[C@@H]2[C@@H](O)CCN2C(=O)[C@H]([C@@H](O)CC(N)=O)NC(=O)[C@H]([C@H](O)[C@@H](O)c2ccc(O)c(I)c2)NC(=O)[C@@H]2C[C@@H](O)CN2C(=O)[C@H]([C@H](C)O)NC1=O. The number of phenolic OH excluding ortho intramolecular Hbond substituents is 1. The van der Waals surface area contributed by atoms with Gasteiger partial charge in [0.15, 0.2) is 6.23 Å². The first-order valence-electron chi connectivity index (χ1n) is 26.1. The Balaban J connectivity index is 1.70. The molecule has 0 saturated carbocycles. The Labute approximate surface area is 455 Å². The lowest BCUT2D eigenvalue weighted by Gasteiger charge is -2.34. The molecule has 16 N–H and O–H groups in total. The van der Waals surface area contributed by atoms with Crippen LogP contribution in [0.2, 0.25) is 0 Å². The summed E-state index contributed by atoms with van der Waals surface area (Å²) in [6, 6.07) is -8.41. The van der Waals surface area contributed by atoms with Crippen LogP contribution in [0.15, 0.2) is 18.2 Å². The van der Waals surface area contributed by atoms with Gasteiger partial charge in [-0.1, -0.05) is 71.8 Å². The van der Waals surface area contributed by atoms with Crippen LogP contribution in [0, 0.1) is 15.4 Å². The van der Waals surface area contributed by atoms with Gasteiger partial charge in [-0.3, -0.25) is 38.4 Å². The molecule has 3 aliphatic rings. The van der Waals surface area contributed by atoms with Gasteiger partial charge in [0.25, 0.3) is 0 Å². The van der Waals surface area contributed by atoms with Gasteiger partial charge in [0, 0.05) is 32.4 Å². The number of nitrogens with two attached hydrogens (primary N) is 1. The fourth-order valence-corrected chi connectivity index (χ4v) is 10.4. The monoisotopic (exact) mass is 1190 g/mol. The van der Waals surface area contributed by atoms with Crippen LogP contribution in [-0.2, 0) is 38.4 Å². The highest BCUT2D eigenvalue weighted by atomic mass is 127. The molecule has 76 heavy (non-hydrogen) atoms. The van der Waals surface area contributed by atoms with Gasteiger partial charge < -0.3 is 88.1 Å². The fourth-order valence-electron chi connectivity index (χ4n) is 9.83. The van der Waals surface area contributed by atoms with E-state index >= 15 is 0 Å². The average molecular weight is 1190 g/mol. The number of hydrogen-bond acceptors (Lipinski definition) is 17. The Kier molecular flexibility index (Phi) is 25.0. The minimum absolute atomic E-state index is 0.0801. The number of aliphatic hydroxyl groups is 8. The fraction of sp³-hybridized carbons (Fsp3) is 0.720. The molecule has 1 aromatic rings. The Morgan fingerprint density at radius 3 is 2.01 bits per heavy atom. The summed E-state index contributed by atoms with van der Waals surface area (Å²) in [6.45, 7) is 6.76. The molecule has 0 radical (unpaired) electrons. The lowest BCUT2D eigenvalue weighted by molar-refractivity contribution is -0.149. The zero-order chi connectivity index (χ0) is 56.7. The van der Waals surface area contributed by atoms with Crippen molar-refractivity contribution in [1.82, 2.24) is 36.4 Å². The Morgan fingerprint density at radius 2 is 1.38 bits per heavy atom. The predicted octanol–water partition coefficient (Wildman–Crippen LogP) is -2.74. The van der Waals surface area contributed by atoms with Gasteiger partial charge in [-0.15, -0.1) is 0 Å². The normalized spacial score (nSPS) is 28.8. The third-order valence-electron chi connectivity index (χ3n) is 14.4. The number of fused-ring (bicyclic) bond motifs is 2. The zero-order valence-electron chi connectivity index (χ0n) is 43.4. The lowest BCUT2D eigenvalue weighted by Crippen LogP contribution is -2.64. The van der Waals surface area contributed by atoms with Crippen molar-refractivity contribution in [3.8, 4) is 5.75 Å². The summed E-state index contributed by atoms with van der Waals surface area (Å²) in [5, 5.41) is 111. The molecule has 0 spiro atoms. The number of phenols is 1. The van der Waals surface area contributed by atoms with E-state index in [9.17, 15) is 84.3 Å². The number of amides is 8. The van der Waals surface area contributed by atoms with Crippen molar-refractivity contribution in [3.05, 3.63) is 27.3 Å². The Hall–Kier alpha value is -4.81. The first-order chi connectivity index (χ1) is 35.7. The van der Waals surface area contributed by atoms with E-state index in [1.54, 1.807) is 22.6 Å². The summed E-state index contributed by atoms with van der Waals surface area (Å²) in [4.78, 5) is 113. The second kappa shape index (κ2) is 29.8. The molecule has 16 atom stereocenters. The van der Waals surface area contributed by atoms with E-state index in [1.165, 1.54) is 18.6 Å². The minimum Gasteiger partial charge on any atom is -0.507 e. The average Bonchev–Trinajstić information content (AvgIpc) is 3.95. The minimum atomic E-state index is -2.37. The number of unbranched alkanes of at least 4 members (excludes halogenated alkanes) is 5. The standard InChI is InChI=1S/C50H79IN8O17/c1-5-24(2)18-25(3)12-10-8-6-7-9-11-13-37(67)53-30-21-35(65)46(72)57-48(74)41-33(63)16-17-58(41)50(76)39(34(64)22-36(52)66)55-47(73)40(43(69)42(68)27-14-15-32(62)29(51)19-27)56-45(71)31-20-28(61)23-59(31)49(75)38(26(4)60)54-44(30)70/h14-15,19,24-26,28,30-31,33-35,38-43,46,60-65,68-69,72H,5-13,16-18,20-23H2,1-4H3,(H2,52,66)(H,53,67)(H,54,70)(H,55,73)(H,56,71)(H,57,74)/t24?,25?,26-,28+,30?,31-,33-,34-,35+,38-,39-,40-,41-,42-,43-,46+/m0/s1. The van der Waals surface area contributed by atoms with E-state index in [2.05, 4.69) is 47.4 Å². The van der Waals surface area contributed by atoms with Gasteiger partial charge in [-0.25, -0.2) is 0 Å². The maximum Gasteiger partial charge on any atom is 0.248 e. The first kappa shape index (κ1) is 63.7. The maximum absolute atomic E-state index is 14.4. The second-order valence-corrected chi connectivity index (χ2v) is 21.9. The molecule has 3 unspecified atom stereocenters. The van der Waals surface area contributed by atoms with Gasteiger partial charge in [0.05, 0.1) is 34.4 Å². The van der Waals surface area contributed by atoms with Crippen LogP contribution in [-0.4, -0.2) is 195 Å². The molecular formula is C50H79IN8O17. The van der Waals surface area contributed by atoms with E-state index in [0.29, 0.717) is 29.6 Å². The quantitative estimate of drug-likeness (QED) is 0.0465. The van der Waals surface area contributed by atoms with Crippen LogP contribution in [0.4, 0.5) is 0 Å². The number of primary amides is 1. The van der Waals surface area contributed by atoms with Crippen LogP contribution in [0.1, 0.15) is 129 Å². The number of carbonyl (C=O) groups is 8. The smallest absolute Gasteiger partial charge is 0.248 e. The highest BCUT2D eigenvalue weighted by Gasteiger charge is 2.49. The van der Waals surface area contributed by atoms with Crippen molar-refractivity contribution in [1.29, 1.82) is 0 Å². The summed E-state index contributed by atoms with van der Waals surface area (Å²) in [5.74, 6) is -8.56. The number of aromatic hydroxyl groups is 1. The molecule has 3 saturated heterocycles. The number of aliphatic hydroxyl groups excluding tert-OH is 8. The Bertz CT molecular complexity index is 2180. The maximum atomic E-state index is 14.4. The molecule has 1 aromatic carbocycles. The molecular weight excluding hydrogens is 1110 g/mol. The molecule has 26 heteroatoms. The van der Waals surface area contributed by atoms with Gasteiger partial charge in [0.1, 0.15) is 60.3 Å². The van der Waals surface area contributed by atoms with Crippen molar-refractivity contribution in [3.63, 3.8) is 0 Å². The van der Waals surface area contributed by atoms with Crippen LogP contribution >= 0.6 is 22.6 Å². The number of hydrogen-bond donors (Lipinski definition) is 15. The topological polar surface area (TPSA) is 411 Å². The van der Waals surface area contributed by atoms with Gasteiger partial charge in [0.2, 0.25) is 47.3 Å². The highest BCUT2D eigenvalue weighted by molar-refractivity contribution is 14.1. The van der Waals surface area contributed by atoms with Crippen molar-refractivity contribution in [2.75, 3.05) is 13.1 Å². The molecule has 0 aromatic heterocycles. The number of carbonyl (C=O) groups excluding carboxylic acids is 8. The van der Waals surface area contributed by atoms with Crippen LogP contribution in [0.3, 0.4) is 0 Å². The third-order valence-corrected chi connectivity index (χ3v) is 15.2. The molecule has 4 rings (SSSR count). The number of nitrogens with zero attached hydrogens (tertiary/aromatic N) is 2. The van der Waals surface area contributed by atoms with Crippen LogP contribution in [0.25, 0.3) is 0 Å². The molecule has 8 amide bonds. The number of rotatable bonds is 20. The molecule has 3 heterocycles. The van der Waals surface area contributed by atoms with E-state index in [-0.39, 0.29) is 27.7 Å². The van der Waals surface area contributed by atoms with E-state index in [4.69, 9.17) is 5.73 Å². The molecule has 428 valence electrons. The first-order valence-corrected chi connectivity index (χ1v) is 27.2. The van der Waals surface area contributed by atoms with Crippen molar-refractivity contribution in [2.24, 2.45) is 17.6 Å². The summed E-state index contributed by atoms with van der Waals surface area (Å²) in [6.07, 6.45) is -10.2. The predicted molar refractivity (Wildman–Crippen MR) is 278 cm³/mol. The molecule has 3 fully saturated rings. The van der Waals surface area contributed by atoms with Crippen LogP contribution < -0.4 is 32.3 Å². The second-order valence-electron chi connectivity index (χ2n) is 20.7. The number of halogens is 1. The summed E-state index contributed by atoms with van der Waals surface area (Å²) < 4.78 is 0.183.